The summed E-state index contributed by atoms with van der Waals surface area (Å²) >= 11 is 5.91. The maximum Gasteiger partial charge on any atom is 0.433 e. The third-order valence-corrected chi connectivity index (χ3v) is 3.90. The van der Waals surface area contributed by atoms with Gasteiger partial charge in [-0.15, -0.1) is 0 Å². The number of alkyl halides is 3. The lowest BCUT2D eigenvalue weighted by Gasteiger charge is -2.14. The molecule has 0 aliphatic carbocycles. The van der Waals surface area contributed by atoms with Gasteiger partial charge in [-0.3, -0.25) is 0 Å². The molecule has 0 atom stereocenters. The molecule has 27 heavy (non-hydrogen) atoms. The Hall–Kier alpha value is -3.00. The zero-order valence-electron chi connectivity index (χ0n) is 13.9. The average Bonchev–Trinajstić information content (AvgIpc) is 2.61. The van der Waals surface area contributed by atoms with E-state index in [4.69, 9.17) is 16.3 Å². The number of methoxy groups -OCH3 is 1. The summed E-state index contributed by atoms with van der Waals surface area (Å²) in [5.41, 5.74) is -0.733. The zero-order chi connectivity index (χ0) is 19.6. The lowest BCUT2D eigenvalue weighted by molar-refractivity contribution is -0.140. The van der Waals surface area contributed by atoms with E-state index < -0.39 is 17.9 Å². The van der Waals surface area contributed by atoms with Gasteiger partial charge in [-0.2, -0.15) is 13.2 Å². The lowest BCUT2D eigenvalue weighted by atomic mass is 10.1. The fourth-order valence-corrected chi connectivity index (χ4v) is 2.65. The topological polar surface area (TPSA) is 63.2 Å². The second-order valence-electron chi connectivity index (χ2n) is 5.49. The summed E-state index contributed by atoms with van der Waals surface area (Å²) in [6.45, 7) is 0. The Kier molecular flexibility index (Phi) is 5.09. The van der Waals surface area contributed by atoms with Crippen molar-refractivity contribution in [1.29, 1.82) is 0 Å². The summed E-state index contributed by atoms with van der Waals surface area (Å²) in [7, 11) is 1.41. The van der Waals surface area contributed by atoms with Gasteiger partial charge in [-0.1, -0.05) is 29.8 Å². The first-order chi connectivity index (χ1) is 12.8. The first kappa shape index (κ1) is 18.8. The maximum atomic E-state index is 13.1. The molecule has 0 aliphatic heterocycles. The summed E-state index contributed by atoms with van der Waals surface area (Å²) in [4.78, 5) is 15.9. The fraction of sp³-hybridized carbons (Fsp3) is 0.111. The normalized spacial score (nSPS) is 11.3. The number of para-hydroxylation sites is 1. The summed E-state index contributed by atoms with van der Waals surface area (Å²) in [6.07, 6.45) is -4.65. The summed E-state index contributed by atoms with van der Waals surface area (Å²) in [5, 5.41) is 5.68. The molecule has 1 heterocycles. The third kappa shape index (κ3) is 4.22. The molecule has 0 fully saturated rings. The first-order valence-corrected chi connectivity index (χ1v) is 8.04. The van der Waals surface area contributed by atoms with Gasteiger partial charge in [-0.25, -0.2) is 9.78 Å². The Balaban J connectivity index is 1.94. The quantitative estimate of drug-likeness (QED) is 0.610. The van der Waals surface area contributed by atoms with Gasteiger partial charge in [0.05, 0.1) is 24.0 Å². The van der Waals surface area contributed by atoms with Gasteiger partial charge < -0.3 is 15.4 Å². The van der Waals surface area contributed by atoms with Gasteiger partial charge in [0.1, 0.15) is 11.4 Å². The minimum atomic E-state index is -4.65. The second-order valence-corrected chi connectivity index (χ2v) is 5.93. The predicted molar refractivity (Wildman–Crippen MR) is 97.4 cm³/mol. The number of amides is 2. The Morgan fingerprint density at radius 1 is 1.07 bits per heavy atom. The van der Waals surface area contributed by atoms with Crippen LogP contribution in [0.15, 0.2) is 48.5 Å². The van der Waals surface area contributed by atoms with E-state index in [1.54, 1.807) is 30.3 Å². The van der Waals surface area contributed by atoms with Gasteiger partial charge in [0.25, 0.3) is 0 Å². The molecule has 1 aromatic heterocycles. The molecule has 140 valence electrons. The molecule has 9 heteroatoms. The van der Waals surface area contributed by atoms with Crippen molar-refractivity contribution in [2.24, 2.45) is 0 Å². The Labute approximate surface area is 157 Å². The smallest absolute Gasteiger partial charge is 0.433 e. The van der Waals surface area contributed by atoms with Crippen LogP contribution in [0.3, 0.4) is 0 Å². The van der Waals surface area contributed by atoms with E-state index in [1.807, 2.05) is 0 Å². The van der Waals surface area contributed by atoms with E-state index in [2.05, 4.69) is 15.6 Å². The number of nitrogens with zero attached hydrogens (tertiary/aromatic N) is 1. The number of urea groups is 1. The number of halogens is 4. The molecule has 2 amide bonds. The highest BCUT2D eigenvalue weighted by Crippen LogP contribution is 2.33. The number of ether oxygens (including phenoxy) is 1. The highest BCUT2D eigenvalue weighted by molar-refractivity contribution is 6.31. The van der Waals surface area contributed by atoms with Crippen LogP contribution in [0.2, 0.25) is 5.02 Å². The van der Waals surface area contributed by atoms with E-state index in [0.29, 0.717) is 16.2 Å². The number of rotatable bonds is 3. The fourth-order valence-electron chi connectivity index (χ4n) is 2.48. The van der Waals surface area contributed by atoms with Gasteiger partial charge in [0, 0.05) is 10.4 Å². The average molecular weight is 396 g/mol. The molecular formula is C18H13ClF3N3O2. The Morgan fingerprint density at radius 2 is 1.78 bits per heavy atom. The van der Waals surface area contributed by atoms with Crippen molar-refractivity contribution in [1.82, 2.24) is 4.98 Å². The minimum absolute atomic E-state index is 0.0218. The van der Waals surface area contributed by atoms with Crippen LogP contribution in [-0.2, 0) is 6.18 Å². The number of benzene rings is 2. The van der Waals surface area contributed by atoms with E-state index in [0.717, 1.165) is 6.07 Å². The van der Waals surface area contributed by atoms with Crippen LogP contribution < -0.4 is 15.4 Å². The number of pyridine rings is 1. The van der Waals surface area contributed by atoms with E-state index in [-0.39, 0.29) is 16.9 Å². The number of fused-ring (bicyclic) bond motifs is 1. The van der Waals surface area contributed by atoms with Crippen molar-refractivity contribution in [3.05, 3.63) is 59.2 Å². The number of carbonyl (C=O) groups excluding carboxylic acids is 1. The molecule has 0 saturated heterocycles. The van der Waals surface area contributed by atoms with Gasteiger partial charge in [-0.05, 0) is 30.3 Å². The molecule has 2 aromatic carbocycles. The molecular weight excluding hydrogens is 383 g/mol. The van der Waals surface area contributed by atoms with Crippen LogP contribution in [0.5, 0.6) is 5.75 Å². The van der Waals surface area contributed by atoms with Crippen molar-refractivity contribution in [3.63, 3.8) is 0 Å². The van der Waals surface area contributed by atoms with Crippen LogP contribution in [0.25, 0.3) is 10.9 Å². The molecule has 0 aliphatic rings. The molecule has 0 radical (unpaired) electrons. The molecule has 5 nitrogen and oxygen atoms in total. The molecule has 0 bridgehead atoms. The number of nitrogens with one attached hydrogen (secondary N) is 2. The first-order valence-electron chi connectivity index (χ1n) is 7.66. The molecule has 0 unspecified atom stereocenters. The molecule has 3 rings (SSSR count). The molecule has 0 saturated carbocycles. The van der Waals surface area contributed by atoms with E-state index in [9.17, 15) is 18.0 Å². The van der Waals surface area contributed by atoms with Crippen molar-refractivity contribution in [3.8, 4) is 5.75 Å². The number of hydrogen-bond acceptors (Lipinski definition) is 3. The van der Waals surface area contributed by atoms with Gasteiger partial charge >= 0.3 is 12.2 Å². The zero-order valence-corrected chi connectivity index (χ0v) is 14.7. The number of carbonyl (C=O) groups is 1. The van der Waals surface area contributed by atoms with Gasteiger partial charge in [0.2, 0.25) is 0 Å². The highest BCUT2D eigenvalue weighted by Gasteiger charge is 2.33. The molecule has 3 aromatic rings. The Morgan fingerprint density at radius 3 is 2.48 bits per heavy atom. The summed E-state index contributed by atoms with van der Waals surface area (Å²) in [6, 6.07) is 10.8. The second kappa shape index (κ2) is 7.32. The van der Waals surface area contributed by atoms with Crippen LogP contribution in [0.1, 0.15) is 5.69 Å². The van der Waals surface area contributed by atoms with E-state index >= 15 is 0 Å². The summed E-state index contributed by atoms with van der Waals surface area (Å²) < 4.78 is 44.4. The standard InChI is InChI=1S/C18H13ClF3N3O2/c1-27-15-7-6-10(19)8-14(15)25-17(26)24-13-9-16(18(20,21)22)23-12-5-3-2-4-11(12)13/h2-9H,1H3,(H2,23,24,25,26). The number of hydrogen-bond donors (Lipinski definition) is 2. The monoisotopic (exact) mass is 395 g/mol. The largest absolute Gasteiger partial charge is 0.495 e. The highest BCUT2D eigenvalue weighted by atomic mass is 35.5. The number of aromatic nitrogens is 1. The third-order valence-electron chi connectivity index (χ3n) is 3.66. The molecule has 2 N–H and O–H groups in total. The van der Waals surface area contributed by atoms with Crippen molar-refractivity contribution in [2.45, 2.75) is 6.18 Å². The van der Waals surface area contributed by atoms with Crippen LogP contribution in [0, 0.1) is 0 Å². The number of anilines is 2. The lowest BCUT2D eigenvalue weighted by Crippen LogP contribution is -2.21. The summed E-state index contributed by atoms with van der Waals surface area (Å²) in [5.74, 6) is 0.352. The van der Waals surface area contributed by atoms with Crippen molar-refractivity contribution < 1.29 is 22.7 Å². The maximum absolute atomic E-state index is 13.1. The van der Waals surface area contributed by atoms with E-state index in [1.165, 1.54) is 19.2 Å². The van der Waals surface area contributed by atoms with Crippen LogP contribution in [0.4, 0.5) is 29.3 Å². The van der Waals surface area contributed by atoms with Crippen LogP contribution >= 0.6 is 11.6 Å². The van der Waals surface area contributed by atoms with Gasteiger partial charge in [0.15, 0.2) is 0 Å². The van der Waals surface area contributed by atoms with Crippen molar-refractivity contribution in [2.75, 3.05) is 17.7 Å². The minimum Gasteiger partial charge on any atom is -0.495 e. The molecule has 0 spiro atoms. The SMILES string of the molecule is COc1ccc(Cl)cc1NC(=O)Nc1cc(C(F)(F)F)nc2ccccc12. The predicted octanol–water partition coefficient (Wildman–Crippen LogP) is 5.56. The van der Waals surface area contributed by atoms with Crippen molar-refractivity contribution >= 4 is 39.9 Å². The Bertz CT molecular complexity index is 1010. The van der Waals surface area contributed by atoms with Crippen LogP contribution in [-0.4, -0.2) is 18.1 Å².